The molecule has 1 unspecified atom stereocenters. The SMILES string of the molecule is CNc1cc(Br)ccc1C(=O)C(O)c1ccccc1. The minimum absolute atomic E-state index is 0.317. The molecule has 2 rings (SSSR count). The average molecular weight is 320 g/mol. The molecular weight excluding hydrogens is 306 g/mol. The topological polar surface area (TPSA) is 49.3 Å². The fraction of sp³-hybridized carbons (Fsp3) is 0.133. The van der Waals surface area contributed by atoms with Crippen molar-refractivity contribution in [1.82, 2.24) is 0 Å². The number of benzene rings is 2. The van der Waals surface area contributed by atoms with Gasteiger partial charge in [-0.25, -0.2) is 0 Å². The molecule has 4 heteroatoms. The average Bonchev–Trinajstić information content (AvgIpc) is 2.46. The molecule has 0 radical (unpaired) electrons. The maximum atomic E-state index is 12.3. The van der Waals surface area contributed by atoms with E-state index in [0.29, 0.717) is 16.8 Å². The number of carbonyl (C=O) groups excluding carboxylic acids is 1. The van der Waals surface area contributed by atoms with Crippen LogP contribution >= 0.6 is 15.9 Å². The van der Waals surface area contributed by atoms with E-state index in [1.807, 2.05) is 12.1 Å². The second-order valence-corrected chi connectivity index (χ2v) is 5.03. The van der Waals surface area contributed by atoms with Gasteiger partial charge in [0, 0.05) is 22.8 Å². The van der Waals surface area contributed by atoms with Crippen molar-refractivity contribution in [3.05, 3.63) is 64.1 Å². The molecule has 19 heavy (non-hydrogen) atoms. The maximum Gasteiger partial charge on any atom is 0.197 e. The first-order valence-corrected chi connectivity index (χ1v) is 6.67. The summed E-state index contributed by atoms with van der Waals surface area (Å²) in [4.78, 5) is 12.3. The zero-order valence-electron chi connectivity index (χ0n) is 10.4. The van der Waals surface area contributed by atoms with Gasteiger partial charge in [0.1, 0.15) is 6.10 Å². The summed E-state index contributed by atoms with van der Waals surface area (Å²) in [5.41, 5.74) is 1.76. The second kappa shape index (κ2) is 5.99. The van der Waals surface area contributed by atoms with Gasteiger partial charge in [0.15, 0.2) is 5.78 Å². The lowest BCUT2D eigenvalue weighted by Gasteiger charge is -2.13. The third-order valence-electron chi connectivity index (χ3n) is 2.88. The summed E-state index contributed by atoms with van der Waals surface area (Å²) in [7, 11) is 1.74. The first kappa shape index (κ1) is 13.8. The normalized spacial score (nSPS) is 11.9. The largest absolute Gasteiger partial charge is 0.387 e. The molecular formula is C15H14BrNO2. The third kappa shape index (κ3) is 3.03. The van der Waals surface area contributed by atoms with E-state index in [0.717, 1.165) is 4.47 Å². The number of aliphatic hydroxyl groups is 1. The predicted octanol–water partition coefficient (Wildman–Crippen LogP) is 3.41. The van der Waals surface area contributed by atoms with E-state index in [4.69, 9.17) is 0 Å². The quantitative estimate of drug-likeness (QED) is 0.849. The zero-order chi connectivity index (χ0) is 13.8. The Labute approximate surface area is 120 Å². The molecule has 2 aromatic carbocycles. The standard InChI is InChI=1S/C15H14BrNO2/c1-17-13-9-11(16)7-8-12(13)15(19)14(18)10-5-3-2-4-6-10/h2-9,14,17-18H,1H3. The number of anilines is 1. The molecule has 0 aliphatic rings. The maximum absolute atomic E-state index is 12.3. The van der Waals surface area contributed by atoms with Crippen LogP contribution in [-0.4, -0.2) is 17.9 Å². The monoisotopic (exact) mass is 319 g/mol. The van der Waals surface area contributed by atoms with Crippen LogP contribution in [0.15, 0.2) is 53.0 Å². The Morgan fingerprint density at radius 1 is 1.21 bits per heavy atom. The molecule has 3 nitrogen and oxygen atoms in total. The van der Waals surface area contributed by atoms with E-state index in [1.165, 1.54) is 0 Å². The third-order valence-corrected chi connectivity index (χ3v) is 3.37. The number of hydrogen-bond donors (Lipinski definition) is 2. The number of carbonyl (C=O) groups is 1. The minimum Gasteiger partial charge on any atom is -0.387 e. The van der Waals surface area contributed by atoms with Crippen molar-refractivity contribution in [2.24, 2.45) is 0 Å². The Kier molecular flexibility index (Phi) is 4.35. The highest BCUT2D eigenvalue weighted by Crippen LogP contribution is 2.26. The lowest BCUT2D eigenvalue weighted by atomic mass is 9.99. The van der Waals surface area contributed by atoms with E-state index in [1.54, 1.807) is 43.4 Å². The number of ketones is 1. The molecule has 98 valence electrons. The number of aliphatic hydroxyl groups excluding tert-OH is 1. The summed E-state index contributed by atoms with van der Waals surface area (Å²) in [5.74, 6) is -0.317. The van der Waals surface area contributed by atoms with Gasteiger partial charge in [-0.3, -0.25) is 4.79 Å². The summed E-state index contributed by atoms with van der Waals surface area (Å²) in [5, 5.41) is 13.1. The predicted molar refractivity (Wildman–Crippen MR) is 79.4 cm³/mol. The van der Waals surface area contributed by atoms with Crippen LogP contribution in [0.3, 0.4) is 0 Å². The molecule has 0 saturated carbocycles. The molecule has 2 aromatic rings. The van der Waals surface area contributed by atoms with Gasteiger partial charge >= 0.3 is 0 Å². The van der Waals surface area contributed by atoms with Gasteiger partial charge < -0.3 is 10.4 Å². The summed E-state index contributed by atoms with van der Waals surface area (Å²) in [6.45, 7) is 0. The fourth-order valence-corrected chi connectivity index (χ4v) is 2.23. The van der Waals surface area contributed by atoms with Crippen molar-refractivity contribution in [3.63, 3.8) is 0 Å². The Morgan fingerprint density at radius 2 is 1.89 bits per heavy atom. The van der Waals surface area contributed by atoms with Gasteiger partial charge in [0.25, 0.3) is 0 Å². The molecule has 0 amide bonds. The highest BCUT2D eigenvalue weighted by atomic mass is 79.9. The Morgan fingerprint density at radius 3 is 2.53 bits per heavy atom. The van der Waals surface area contributed by atoms with E-state index in [9.17, 15) is 9.90 Å². The fourth-order valence-electron chi connectivity index (χ4n) is 1.87. The smallest absolute Gasteiger partial charge is 0.197 e. The number of nitrogens with one attached hydrogen (secondary N) is 1. The van der Waals surface area contributed by atoms with Crippen molar-refractivity contribution < 1.29 is 9.90 Å². The van der Waals surface area contributed by atoms with Gasteiger partial charge in [-0.05, 0) is 23.8 Å². The molecule has 1 atom stereocenters. The van der Waals surface area contributed by atoms with Crippen LogP contribution in [-0.2, 0) is 0 Å². The molecule has 0 bridgehead atoms. The van der Waals surface area contributed by atoms with E-state index < -0.39 is 6.10 Å². The molecule has 0 saturated heterocycles. The molecule has 0 heterocycles. The summed E-state index contributed by atoms with van der Waals surface area (Å²) in [6.07, 6.45) is -1.14. The molecule has 0 aliphatic heterocycles. The first-order valence-electron chi connectivity index (χ1n) is 5.88. The zero-order valence-corrected chi connectivity index (χ0v) is 12.0. The van der Waals surface area contributed by atoms with Gasteiger partial charge in [-0.2, -0.15) is 0 Å². The van der Waals surface area contributed by atoms with Crippen molar-refractivity contribution in [1.29, 1.82) is 0 Å². The van der Waals surface area contributed by atoms with Crippen molar-refractivity contribution in [3.8, 4) is 0 Å². The lowest BCUT2D eigenvalue weighted by molar-refractivity contribution is 0.0748. The van der Waals surface area contributed by atoms with Crippen molar-refractivity contribution in [2.75, 3.05) is 12.4 Å². The van der Waals surface area contributed by atoms with Crippen LogP contribution < -0.4 is 5.32 Å². The van der Waals surface area contributed by atoms with Gasteiger partial charge in [-0.1, -0.05) is 46.3 Å². The van der Waals surface area contributed by atoms with Crippen molar-refractivity contribution >= 4 is 27.4 Å². The van der Waals surface area contributed by atoms with Crippen LogP contribution in [0.4, 0.5) is 5.69 Å². The molecule has 0 spiro atoms. The molecule has 2 N–H and O–H groups in total. The van der Waals surface area contributed by atoms with Crippen molar-refractivity contribution in [2.45, 2.75) is 6.10 Å². The van der Waals surface area contributed by atoms with Crippen LogP contribution in [0.25, 0.3) is 0 Å². The Bertz CT molecular complexity index is 584. The summed E-state index contributed by atoms with van der Waals surface area (Å²) >= 11 is 3.35. The lowest BCUT2D eigenvalue weighted by Crippen LogP contribution is -2.14. The van der Waals surface area contributed by atoms with E-state index in [-0.39, 0.29) is 5.78 Å². The first-order chi connectivity index (χ1) is 9.13. The summed E-state index contributed by atoms with van der Waals surface area (Å²) < 4.78 is 0.877. The molecule has 0 aliphatic carbocycles. The minimum atomic E-state index is -1.14. The van der Waals surface area contributed by atoms with Crippen LogP contribution in [0, 0.1) is 0 Å². The number of hydrogen-bond acceptors (Lipinski definition) is 3. The van der Waals surface area contributed by atoms with Crippen LogP contribution in [0.2, 0.25) is 0 Å². The Balaban J connectivity index is 2.34. The molecule has 0 fully saturated rings. The second-order valence-electron chi connectivity index (χ2n) is 4.12. The van der Waals surface area contributed by atoms with Crippen LogP contribution in [0.1, 0.15) is 22.0 Å². The van der Waals surface area contributed by atoms with Gasteiger partial charge in [-0.15, -0.1) is 0 Å². The highest BCUT2D eigenvalue weighted by Gasteiger charge is 2.21. The van der Waals surface area contributed by atoms with E-state index in [2.05, 4.69) is 21.2 Å². The van der Waals surface area contributed by atoms with E-state index >= 15 is 0 Å². The highest BCUT2D eigenvalue weighted by molar-refractivity contribution is 9.10. The number of Topliss-reactive ketones (excluding diaryl/α,β-unsaturated/α-hetero) is 1. The number of rotatable bonds is 4. The number of halogens is 1. The van der Waals surface area contributed by atoms with Crippen LogP contribution in [0.5, 0.6) is 0 Å². The Hall–Kier alpha value is -1.65. The van der Waals surface area contributed by atoms with Gasteiger partial charge in [0.05, 0.1) is 0 Å². The molecule has 0 aromatic heterocycles. The summed E-state index contributed by atoms with van der Waals surface area (Å²) in [6, 6.07) is 14.2. The van der Waals surface area contributed by atoms with Gasteiger partial charge in [0.2, 0.25) is 0 Å².